The third kappa shape index (κ3) is 4.80. The first-order valence-electron chi connectivity index (χ1n) is 8.19. The molecule has 1 fully saturated rings. The fourth-order valence-electron chi connectivity index (χ4n) is 3.21. The fraction of sp³-hybridized carbons (Fsp3) is 0.667. The third-order valence-corrected chi connectivity index (χ3v) is 4.53. The smallest absolute Gasteiger partial charge is 0.0310 e. The van der Waals surface area contributed by atoms with Gasteiger partial charge >= 0.3 is 0 Å². The van der Waals surface area contributed by atoms with E-state index in [-0.39, 0.29) is 6.04 Å². The van der Waals surface area contributed by atoms with Gasteiger partial charge in [-0.15, -0.1) is 0 Å². The summed E-state index contributed by atoms with van der Waals surface area (Å²) >= 11 is 0. The zero-order chi connectivity index (χ0) is 15.4. The van der Waals surface area contributed by atoms with Crippen LogP contribution < -0.4 is 5.73 Å². The SMILES string of the molecule is CC(C)Cc1cccc(C(N)CC2CN(C)CCN2C)c1. The van der Waals surface area contributed by atoms with Crippen LogP contribution in [0.4, 0.5) is 0 Å². The number of piperazine rings is 1. The number of hydrogen-bond donors (Lipinski definition) is 1. The van der Waals surface area contributed by atoms with Crippen LogP contribution in [0.1, 0.15) is 37.4 Å². The van der Waals surface area contributed by atoms with E-state index in [9.17, 15) is 0 Å². The van der Waals surface area contributed by atoms with Crippen molar-refractivity contribution in [2.75, 3.05) is 33.7 Å². The minimum Gasteiger partial charge on any atom is -0.324 e. The van der Waals surface area contributed by atoms with E-state index < -0.39 is 0 Å². The minimum absolute atomic E-state index is 0.135. The van der Waals surface area contributed by atoms with Crippen LogP contribution in [0.25, 0.3) is 0 Å². The Labute approximate surface area is 130 Å². The zero-order valence-corrected chi connectivity index (χ0v) is 14.0. The molecule has 21 heavy (non-hydrogen) atoms. The van der Waals surface area contributed by atoms with Crippen LogP contribution in [0, 0.1) is 5.92 Å². The Balaban J connectivity index is 2.00. The quantitative estimate of drug-likeness (QED) is 0.904. The van der Waals surface area contributed by atoms with Gasteiger partial charge < -0.3 is 15.5 Å². The van der Waals surface area contributed by atoms with Gasteiger partial charge in [0.1, 0.15) is 0 Å². The second-order valence-corrected chi connectivity index (χ2v) is 7.08. The molecular formula is C18H31N3. The van der Waals surface area contributed by atoms with E-state index in [0.29, 0.717) is 12.0 Å². The number of benzene rings is 1. The molecule has 0 amide bonds. The van der Waals surface area contributed by atoms with Gasteiger partial charge in [0.2, 0.25) is 0 Å². The highest BCUT2D eigenvalue weighted by Gasteiger charge is 2.24. The van der Waals surface area contributed by atoms with Gasteiger partial charge in [0.15, 0.2) is 0 Å². The van der Waals surface area contributed by atoms with E-state index >= 15 is 0 Å². The molecule has 3 heteroatoms. The van der Waals surface area contributed by atoms with E-state index in [1.54, 1.807) is 0 Å². The first-order valence-corrected chi connectivity index (χ1v) is 8.19. The van der Waals surface area contributed by atoms with E-state index in [1.807, 2.05) is 0 Å². The Bertz CT molecular complexity index is 444. The van der Waals surface area contributed by atoms with Crippen molar-refractivity contribution in [1.29, 1.82) is 0 Å². The van der Waals surface area contributed by atoms with Crippen molar-refractivity contribution in [3.8, 4) is 0 Å². The summed E-state index contributed by atoms with van der Waals surface area (Å²) in [6.45, 7) is 7.95. The van der Waals surface area contributed by atoms with Gasteiger partial charge in [0, 0.05) is 31.7 Å². The van der Waals surface area contributed by atoms with Gasteiger partial charge in [-0.25, -0.2) is 0 Å². The summed E-state index contributed by atoms with van der Waals surface area (Å²) in [6, 6.07) is 9.56. The second kappa shape index (κ2) is 7.39. The Kier molecular flexibility index (Phi) is 5.80. The van der Waals surface area contributed by atoms with Gasteiger partial charge in [0.05, 0.1) is 0 Å². The fourth-order valence-corrected chi connectivity index (χ4v) is 3.21. The number of hydrogen-bond acceptors (Lipinski definition) is 3. The largest absolute Gasteiger partial charge is 0.324 e. The van der Waals surface area contributed by atoms with Gasteiger partial charge in [-0.3, -0.25) is 0 Å². The average Bonchev–Trinajstić information content (AvgIpc) is 2.42. The van der Waals surface area contributed by atoms with Crippen LogP contribution in [0.3, 0.4) is 0 Å². The maximum atomic E-state index is 6.49. The maximum Gasteiger partial charge on any atom is 0.0310 e. The van der Waals surface area contributed by atoms with Crippen molar-refractivity contribution < 1.29 is 0 Å². The molecular weight excluding hydrogens is 258 g/mol. The van der Waals surface area contributed by atoms with Crippen molar-refractivity contribution in [1.82, 2.24) is 9.80 Å². The van der Waals surface area contributed by atoms with Crippen molar-refractivity contribution in [3.63, 3.8) is 0 Å². The van der Waals surface area contributed by atoms with Crippen LogP contribution in [-0.4, -0.2) is 49.6 Å². The predicted molar refractivity (Wildman–Crippen MR) is 90.4 cm³/mol. The lowest BCUT2D eigenvalue weighted by atomic mass is 9.94. The molecule has 0 aromatic heterocycles. The second-order valence-electron chi connectivity index (χ2n) is 7.08. The summed E-state index contributed by atoms with van der Waals surface area (Å²) < 4.78 is 0. The monoisotopic (exact) mass is 289 g/mol. The predicted octanol–water partition coefficient (Wildman–Crippen LogP) is 2.52. The molecule has 0 spiro atoms. The van der Waals surface area contributed by atoms with Crippen LogP contribution in [0.2, 0.25) is 0 Å². The lowest BCUT2D eigenvalue weighted by Gasteiger charge is -2.38. The van der Waals surface area contributed by atoms with E-state index in [4.69, 9.17) is 5.73 Å². The van der Waals surface area contributed by atoms with E-state index in [1.165, 1.54) is 11.1 Å². The van der Waals surface area contributed by atoms with Gasteiger partial charge in [-0.2, -0.15) is 0 Å². The standard InChI is InChI=1S/C18H31N3/c1-14(2)10-15-6-5-7-16(11-15)18(19)12-17-13-20(3)8-9-21(17)4/h5-7,11,14,17-18H,8-10,12-13,19H2,1-4H3. The Morgan fingerprint density at radius 2 is 2.00 bits per heavy atom. The number of nitrogens with zero attached hydrogens (tertiary/aromatic N) is 2. The topological polar surface area (TPSA) is 32.5 Å². The zero-order valence-electron chi connectivity index (χ0n) is 14.0. The molecule has 2 atom stereocenters. The molecule has 3 nitrogen and oxygen atoms in total. The molecule has 0 bridgehead atoms. The first kappa shape index (κ1) is 16.5. The molecule has 1 aromatic carbocycles. The highest BCUT2D eigenvalue weighted by Crippen LogP contribution is 2.22. The Morgan fingerprint density at radius 1 is 1.24 bits per heavy atom. The van der Waals surface area contributed by atoms with Crippen molar-refractivity contribution in [2.45, 2.75) is 38.8 Å². The molecule has 0 radical (unpaired) electrons. The van der Waals surface area contributed by atoms with Crippen molar-refractivity contribution in [2.24, 2.45) is 11.7 Å². The van der Waals surface area contributed by atoms with Gasteiger partial charge in [-0.05, 0) is 44.0 Å². The lowest BCUT2D eigenvalue weighted by Crippen LogP contribution is -2.50. The molecule has 118 valence electrons. The lowest BCUT2D eigenvalue weighted by molar-refractivity contribution is 0.104. The number of likely N-dealkylation sites (N-methyl/N-ethyl adjacent to an activating group) is 2. The normalized spacial score (nSPS) is 22.7. The molecule has 1 aliphatic heterocycles. The van der Waals surface area contributed by atoms with Crippen molar-refractivity contribution >= 4 is 0 Å². The highest BCUT2D eigenvalue weighted by molar-refractivity contribution is 5.26. The molecule has 0 aliphatic carbocycles. The molecule has 1 heterocycles. The summed E-state index contributed by atoms with van der Waals surface area (Å²) in [5, 5.41) is 0. The summed E-state index contributed by atoms with van der Waals surface area (Å²) in [4.78, 5) is 4.87. The van der Waals surface area contributed by atoms with Crippen LogP contribution in [0.5, 0.6) is 0 Å². The number of rotatable bonds is 5. The Hall–Kier alpha value is -0.900. The summed E-state index contributed by atoms with van der Waals surface area (Å²) in [7, 11) is 4.42. The van der Waals surface area contributed by atoms with Crippen molar-refractivity contribution in [3.05, 3.63) is 35.4 Å². The third-order valence-electron chi connectivity index (χ3n) is 4.53. The average molecular weight is 289 g/mol. The molecule has 2 rings (SSSR count). The van der Waals surface area contributed by atoms with E-state index in [0.717, 1.165) is 32.5 Å². The van der Waals surface area contributed by atoms with Crippen LogP contribution in [-0.2, 0) is 6.42 Å². The Morgan fingerprint density at radius 3 is 2.71 bits per heavy atom. The molecule has 1 saturated heterocycles. The minimum atomic E-state index is 0.135. The van der Waals surface area contributed by atoms with Crippen LogP contribution in [0.15, 0.2) is 24.3 Å². The number of nitrogens with two attached hydrogens (primary N) is 1. The molecule has 2 unspecified atom stereocenters. The summed E-state index contributed by atoms with van der Waals surface area (Å²) in [5.74, 6) is 0.689. The maximum absolute atomic E-state index is 6.49. The summed E-state index contributed by atoms with van der Waals surface area (Å²) in [5.41, 5.74) is 9.18. The van der Waals surface area contributed by atoms with Crippen LogP contribution >= 0.6 is 0 Å². The van der Waals surface area contributed by atoms with Gasteiger partial charge in [0.25, 0.3) is 0 Å². The summed E-state index contributed by atoms with van der Waals surface area (Å²) in [6.07, 6.45) is 2.17. The highest BCUT2D eigenvalue weighted by atomic mass is 15.3. The van der Waals surface area contributed by atoms with Gasteiger partial charge in [-0.1, -0.05) is 38.1 Å². The van der Waals surface area contributed by atoms with E-state index in [2.05, 4.69) is 62.0 Å². The first-order chi connectivity index (χ1) is 9.95. The molecule has 0 saturated carbocycles. The molecule has 1 aromatic rings. The molecule has 1 aliphatic rings. The molecule has 2 N–H and O–H groups in total.